The Morgan fingerprint density at radius 3 is 1.89 bits per heavy atom. The topological polar surface area (TPSA) is 78.8 Å². The average Bonchev–Trinajstić information content (AvgIpc) is 4.12. The number of furan rings is 1. The summed E-state index contributed by atoms with van der Waals surface area (Å²) in [6.07, 6.45) is 7.86. The molecule has 0 atom stereocenters. The Morgan fingerprint density at radius 2 is 1.17 bits per heavy atom. The summed E-state index contributed by atoms with van der Waals surface area (Å²) in [5.74, 6) is 0. The summed E-state index contributed by atoms with van der Waals surface area (Å²) >= 11 is 0. The van der Waals surface area contributed by atoms with Crippen LogP contribution in [0.15, 0.2) is 198 Å². The van der Waals surface area contributed by atoms with Crippen molar-refractivity contribution in [3.8, 4) is 29.2 Å². The van der Waals surface area contributed by atoms with Crippen LogP contribution < -0.4 is 4.90 Å². The summed E-state index contributed by atoms with van der Waals surface area (Å²) in [7, 11) is 0. The molecule has 2 aliphatic rings. The average molecular weight is 897 g/mol. The van der Waals surface area contributed by atoms with Crippen LogP contribution in [0.5, 0.6) is 0 Å². The molecule has 5 heterocycles. The van der Waals surface area contributed by atoms with E-state index in [1.165, 1.54) is 10.8 Å². The van der Waals surface area contributed by atoms with Crippen LogP contribution in [0.3, 0.4) is 0 Å². The lowest BCUT2D eigenvalue weighted by atomic mass is 9.96. The van der Waals surface area contributed by atoms with Crippen molar-refractivity contribution in [2.75, 3.05) is 4.90 Å². The molecule has 7 nitrogen and oxygen atoms in total. The minimum Gasteiger partial charge on any atom is -0.455 e. The lowest BCUT2D eigenvalue weighted by Gasteiger charge is -2.32. The molecule has 0 fully saturated rings. The number of aryl methyl sites for hydroxylation is 1. The standard InChI is InChI=1S/C63H40N6O/c1-3-15-41(4-2)66-51-21-10-5-16-43(51)38-26-28-47-50-35-42(67-52-22-11-6-17-44(52)45-18-7-12-23-53(45)67)27-30-55(50)69(62(47)59(66)32-38)58-34-39(36-64)57(33-40(58)37-65)68-54-24-13-8-20-49(54)61-56(68)31-29-48-46-19-9-14-25-60(46)70-63(48)61/h3-25,27,29-31,33-35H,26,28H2,1-2H3/b15-3-,41-4+. The van der Waals surface area contributed by atoms with Crippen molar-refractivity contribution in [3.05, 3.63) is 221 Å². The lowest BCUT2D eigenvalue weighted by Crippen LogP contribution is -2.24. The molecule has 0 amide bonds. The second-order valence-corrected chi connectivity index (χ2v) is 18.1. The van der Waals surface area contributed by atoms with Gasteiger partial charge in [0.15, 0.2) is 0 Å². The first-order chi connectivity index (χ1) is 34.6. The quantitative estimate of drug-likeness (QED) is 0.127. The Labute approximate surface area is 402 Å². The van der Waals surface area contributed by atoms with E-state index < -0.39 is 0 Å². The smallest absolute Gasteiger partial charge is 0.145 e. The number of para-hydroxylation sites is 5. The molecule has 70 heavy (non-hydrogen) atoms. The predicted molar refractivity (Wildman–Crippen MR) is 285 cm³/mol. The van der Waals surface area contributed by atoms with Crippen molar-refractivity contribution < 1.29 is 4.42 Å². The van der Waals surface area contributed by atoms with Gasteiger partial charge in [0.25, 0.3) is 0 Å². The van der Waals surface area contributed by atoms with E-state index >= 15 is 0 Å². The molecule has 0 radical (unpaired) electrons. The van der Waals surface area contributed by atoms with Crippen LogP contribution in [0, 0.1) is 22.7 Å². The van der Waals surface area contributed by atoms with Crippen LogP contribution in [0.4, 0.5) is 5.69 Å². The first-order valence-electron chi connectivity index (χ1n) is 23.8. The fraction of sp³-hybridized carbons (Fsp3) is 0.0635. The maximum atomic E-state index is 11.5. The van der Waals surface area contributed by atoms with Crippen LogP contribution in [-0.2, 0) is 6.42 Å². The highest BCUT2D eigenvalue weighted by atomic mass is 16.3. The monoisotopic (exact) mass is 896 g/mol. The van der Waals surface area contributed by atoms with Crippen molar-refractivity contribution in [3.63, 3.8) is 0 Å². The number of hydrogen-bond acceptors (Lipinski definition) is 4. The van der Waals surface area contributed by atoms with E-state index in [2.05, 4.69) is 183 Å². The summed E-state index contributed by atoms with van der Waals surface area (Å²) in [6.45, 7) is 4.11. The number of fused-ring (bicyclic) bond motifs is 16. The van der Waals surface area contributed by atoms with Crippen LogP contribution in [0.2, 0.25) is 0 Å². The Hall–Kier alpha value is -9.52. The first kappa shape index (κ1) is 39.6. The SMILES string of the molecule is C/C=C\C(=C/C)N1C2=C=C(CCc3c2n(-c2cc(C#N)c(-n4c5ccccc5c5c6oc7ccccc7c6ccc54)cc2C#N)c2ccc(-n4c5ccccc5c5ccccc54)cc32)c2ccccc21. The third-order valence-corrected chi connectivity index (χ3v) is 14.6. The van der Waals surface area contributed by atoms with E-state index in [-0.39, 0.29) is 0 Å². The molecule has 8 aromatic carbocycles. The maximum Gasteiger partial charge on any atom is 0.145 e. The highest BCUT2D eigenvalue weighted by Crippen LogP contribution is 2.49. The fourth-order valence-electron chi connectivity index (χ4n) is 11.7. The third kappa shape index (κ3) is 5.38. The second-order valence-electron chi connectivity index (χ2n) is 18.1. The summed E-state index contributed by atoms with van der Waals surface area (Å²) in [6, 6.07) is 62.2. The normalized spacial score (nSPS) is 13.7. The van der Waals surface area contributed by atoms with Gasteiger partial charge in [-0.05, 0) is 111 Å². The van der Waals surface area contributed by atoms with Gasteiger partial charge in [0.1, 0.15) is 29.0 Å². The number of anilines is 1. The van der Waals surface area contributed by atoms with Gasteiger partial charge in [-0.25, -0.2) is 0 Å². The number of aromatic nitrogens is 3. The van der Waals surface area contributed by atoms with Gasteiger partial charge < -0.3 is 23.0 Å². The van der Waals surface area contributed by atoms with Gasteiger partial charge in [-0.3, -0.25) is 0 Å². The second kappa shape index (κ2) is 15.0. The molecule has 1 aliphatic carbocycles. The van der Waals surface area contributed by atoms with E-state index in [1.807, 2.05) is 49.4 Å². The number of nitriles is 2. The first-order valence-corrected chi connectivity index (χ1v) is 23.8. The fourth-order valence-corrected chi connectivity index (χ4v) is 11.7. The minimum absolute atomic E-state index is 0.437. The molecule has 14 rings (SSSR count). The molecule has 0 saturated carbocycles. The minimum atomic E-state index is 0.437. The van der Waals surface area contributed by atoms with E-state index in [1.54, 1.807) is 0 Å². The molecular formula is C63H40N6O. The van der Waals surface area contributed by atoms with E-state index in [0.717, 1.165) is 124 Å². The van der Waals surface area contributed by atoms with Gasteiger partial charge in [-0.2, -0.15) is 10.5 Å². The molecule has 12 aromatic rings. The highest BCUT2D eigenvalue weighted by Gasteiger charge is 2.34. The van der Waals surface area contributed by atoms with Crippen LogP contribution in [0.25, 0.3) is 105 Å². The van der Waals surface area contributed by atoms with Gasteiger partial charge >= 0.3 is 0 Å². The van der Waals surface area contributed by atoms with E-state index in [9.17, 15) is 10.5 Å². The number of benzene rings is 8. The van der Waals surface area contributed by atoms with Crippen molar-refractivity contribution in [1.29, 1.82) is 10.5 Å². The number of hydrogen-bond donors (Lipinski definition) is 0. The van der Waals surface area contributed by atoms with E-state index in [0.29, 0.717) is 22.5 Å². The lowest BCUT2D eigenvalue weighted by molar-refractivity contribution is 0.673. The number of rotatable bonds is 5. The summed E-state index contributed by atoms with van der Waals surface area (Å²) in [5, 5.41) is 30.4. The molecule has 0 unspecified atom stereocenters. The molecule has 0 N–H and O–H groups in total. The molecule has 7 heteroatoms. The Kier molecular flexibility index (Phi) is 8.49. The molecule has 1 aliphatic heterocycles. The Bertz CT molecular complexity index is 4470. The van der Waals surface area contributed by atoms with Gasteiger partial charge in [-0.15, -0.1) is 0 Å². The van der Waals surface area contributed by atoms with Crippen LogP contribution in [-0.4, -0.2) is 13.7 Å². The molecule has 2 bridgehead atoms. The molecule has 4 aromatic heterocycles. The molecule has 328 valence electrons. The van der Waals surface area contributed by atoms with Gasteiger partial charge in [-0.1, -0.05) is 109 Å². The van der Waals surface area contributed by atoms with Crippen molar-refractivity contribution in [2.24, 2.45) is 0 Å². The Balaban J connectivity index is 1.07. The predicted octanol–water partition coefficient (Wildman–Crippen LogP) is 15.7. The summed E-state index contributed by atoms with van der Waals surface area (Å²) < 4.78 is 13.3. The van der Waals surface area contributed by atoms with Crippen molar-refractivity contribution in [1.82, 2.24) is 13.7 Å². The Morgan fingerprint density at radius 1 is 0.557 bits per heavy atom. The van der Waals surface area contributed by atoms with Gasteiger partial charge in [0.05, 0.1) is 66.9 Å². The molecular weight excluding hydrogens is 857 g/mol. The third-order valence-electron chi connectivity index (χ3n) is 14.6. The maximum absolute atomic E-state index is 11.5. The van der Waals surface area contributed by atoms with Gasteiger partial charge in [0, 0.05) is 54.8 Å². The van der Waals surface area contributed by atoms with Crippen LogP contribution in [0.1, 0.15) is 48.2 Å². The van der Waals surface area contributed by atoms with E-state index in [4.69, 9.17) is 4.42 Å². The largest absolute Gasteiger partial charge is 0.455 e. The summed E-state index contributed by atoms with van der Waals surface area (Å²) in [4.78, 5) is 2.31. The van der Waals surface area contributed by atoms with Crippen LogP contribution >= 0.6 is 0 Å². The summed E-state index contributed by atoms with van der Waals surface area (Å²) in [5.41, 5.74) is 21.2. The van der Waals surface area contributed by atoms with Crippen molar-refractivity contribution in [2.45, 2.75) is 26.7 Å². The highest BCUT2D eigenvalue weighted by molar-refractivity contribution is 6.24. The van der Waals surface area contributed by atoms with Gasteiger partial charge in [0.2, 0.25) is 0 Å². The molecule has 0 saturated heterocycles. The number of allylic oxidation sites excluding steroid dienone is 4. The number of nitrogens with zero attached hydrogens (tertiary/aromatic N) is 6. The zero-order valence-electron chi connectivity index (χ0n) is 38.3. The zero-order valence-corrected chi connectivity index (χ0v) is 38.3. The zero-order chi connectivity index (χ0) is 46.8. The van der Waals surface area contributed by atoms with Crippen molar-refractivity contribution >= 4 is 93.4 Å². The molecule has 0 spiro atoms.